The van der Waals surface area contributed by atoms with E-state index in [0.717, 1.165) is 45.2 Å². The van der Waals surface area contributed by atoms with Crippen molar-refractivity contribution < 1.29 is 9.53 Å². The molecule has 0 radical (unpaired) electrons. The molecule has 1 saturated heterocycles. The lowest BCUT2D eigenvalue weighted by atomic mass is 9.86. The molecular weight excluding hydrogens is 428 g/mol. The third-order valence-electron chi connectivity index (χ3n) is 5.62. The molecule has 3 heterocycles. The fourth-order valence-corrected chi connectivity index (χ4v) is 5.47. The Labute approximate surface area is 190 Å². The van der Waals surface area contributed by atoms with Crippen LogP contribution in [0.4, 0.5) is 5.00 Å². The van der Waals surface area contributed by atoms with Crippen molar-refractivity contribution in [3.8, 4) is 11.8 Å². The molecule has 156 valence electrons. The first kappa shape index (κ1) is 20.1. The van der Waals surface area contributed by atoms with Gasteiger partial charge < -0.3 is 15.0 Å². The van der Waals surface area contributed by atoms with Crippen LogP contribution in [0.2, 0.25) is 5.02 Å². The van der Waals surface area contributed by atoms with Crippen LogP contribution in [0.3, 0.4) is 0 Å². The number of ether oxygens (including phenoxy) is 1. The fraction of sp³-hybridized carbons (Fsp3) is 0.240. The highest BCUT2D eigenvalue weighted by Crippen LogP contribution is 2.43. The predicted molar refractivity (Wildman–Crippen MR) is 125 cm³/mol. The number of carbonyl (C=O) groups excluding carboxylic acids is 1. The first-order chi connectivity index (χ1) is 15.2. The Balaban J connectivity index is 1.67. The zero-order valence-corrected chi connectivity index (χ0v) is 18.4. The summed E-state index contributed by atoms with van der Waals surface area (Å²) in [7, 11) is 0. The molecule has 1 unspecified atom stereocenters. The molecule has 2 aliphatic heterocycles. The topological polar surface area (TPSA) is 41.6 Å². The van der Waals surface area contributed by atoms with Gasteiger partial charge in [-0.3, -0.25) is 4.79 Å². The maximum Gasteiger partial charge on any atom is 0.261 e. The van der Waals surface area contributed by atoms with E-state index in [4.69, 9.17) is 16.3 Å². The molecule has 1 fully saturated rings. The molecule has 0 saturated carbocycles. The summed E-state index contributed by atoms with van der Waals surface area (Å²) < 4.78 is 5.55. The minimum Gasteiger partial charge on any atom is -0.378 e. The molecule has 0 bridgehead atoms. The van der Waals surface area contributed by atoms with Gasteiger partial charge in [0.05, 0.1) is 23.7 Å². The maximum absolute atomic E-state index is 12.8. The number of benzene rings is 2. The fourth-order valence-electron chi connectivity index (χ4n) is 4.06. The van der Waals surface area contributed by atoms with Crippen molar-refractivity contribution in [2.45, 2.75) is 5.92 Å². The molecule has 1 N–H and O–H groups in total. The molecule has 0 spiro atoms. The maximum atomic E-state index is 12.8. The summed E-state index contributed by atoms with van der Waals surface area (Å²) >= 11 is 7.66. The molecule has 2 aliphatic rings. The molecule has 1 atom stereocenters. The number of nitrogens with one attached hydrogen (secondary N) is 1. The highest BCUT2D eigenvalue weighted by atomic mass is 35.5. The van der Waals surface area contributed by atoms with Crippen molar-refractivity contribution in [1.82, 2.24) is 5.32 Å². The summed E-state index contributed by atoms with van der Waals surface area (Å²) in [6, 6.07) is 17.8. The first-order valence-corrected chi connectivity index (χ1v) is 11.5. The van der Waals surface area contributed by atoms with Crippen molar-refractivity contribution >= 4 is 33.8 Å². The largest absolute Gasteiger partial charge is 0.378 e. The average molecular weight is 449 g/mol. The van der Waals surface area contributed by atoms with Crippen molar-refractivity contribution in [2.24, 2.45) is 0 Å². The van der Waals surface area contributed by atoms with Crippen molar-refractivity contribution in [3.05, 3.63) is 86.8 Å². The minimum absolute atomic E-state index is 0.0208. The molecular formula is C25H21ClN2O2S. The van der Waals surface area contributed by atoms with Crippen molar-refractivity contribution in [1.29, 1.82) is 0 Å². The number of carbonyl (C=O) groups is 1. The summed E-state index contributed by atoms with van der Waals surface area (Å²) in [5.74, 6) is 6.77. The van der Waals surface area contributed by atoms with Crippen LogP contribution in [-0.2, 0) is 4.74 Å². The number of nitrogens with zero attached hydrogens (tertiary/aromatic N) is 1. The standard InChI is InChI=1S/C25H21ClN2O2S/c26-19-9-7-18(8-10-19)21-16-27-24(29)23-22(21)20(11-6-17-4-2-1-3-5-17)25(31-23)28-12-14-30-15-13-28/h1-5,7-10,21H,12-16H2,(H,27,29). The first-order valence-electron chi connectivity index (χ1n) is 10.3. The van der Waals surface area contributed by atoms with Gasteiger partial charge in [0.25, 0.3) is 5.91 Å². The highest BCUT2D eigenvalue weighted by Gasteiger charge is 2.34. The third kappa shape index (κ3) is 4.07. The van der Waals surface area contributed by atoms with E-state index >= 15 is 0 Å². The monoisotopic (exact) mass is 448 g/mol. The lowest BCUT2D eigenvalue weighted by Crippen LogP contribution is -2.36. The molecule has 0 aliphatic carbocycles. The highest BCUT2D eigenvalue weighted by molar-refractivity contribution is 7.18. The lowest BCUT2D eigenvalue weighted by molar-refractivity contribution is 0.0947. The van der Waals surface area contributed by atoms with Gasteiger partial charge >= 0.3 is 0 Å². The van der Waals surface area contributed by atoms with Crippen LogP contribution in [0, 0.1) is 11.8 Å². The number of amides is 1. The number of halogens is 1. The number of morpholine rings is 1. The molecule has 4 nitrogen and oxygen atoms in total. The van der Waals surface area contributed by atoms with E-state index in [1.165, 1.54) is 0 Å². The Hall–Kier alpha value is -2.78. The minimum atomic E-state index is -0.0208. The van der Waals surface area contributed by atoms with E-state index in [-0.39, 0.29) is 11.8 Å². The Morgan fingerprint density at radius 3 is 2.52 bits per heavy atom. The zero-order chi connectivity index (χ0) is 21.2. The molecule has 3 aromatic rings. The van der Waals surface area contributed by atoms with Gasteiger partial charge in [-0.05, 0) is 29.8 Å². The smallest absolute Gasteiger partial charge is 0.261 e. The summed E-state index contributed by atoms with van der Waals surface area (Å²) in [5.41, 5.74) is 4.07. The zero-order valence-electron chi connectivity index (χ0n) is 16.9. The summed E-state index contributed by atoms with van der Waals surface area (Å²) in [6.07, 6.45) is 0. The van der Waals surface area contributed by atoms with E-state index in [2.05, 4.69) is 22.1 Å². The van der Waals surface area contributed by atoms with Crippen LogP contribution in [0.15, 0.2) is 54.6 Å². The van der Waals surface area contributed by atoms with Crippen LogP contribution in [0.5, 0.6) is 0 Å². The molecule has 5 rings (SSSR count). The Kier molecular flexibility index (Phi) is 5.69. The van der Waals surface area contributed by atoms with Gasteiger partial charge in [-0.15, -0.1) is 11.3 Å². The van der Waals surface area contributed by atoms with Crippen molar-refractivity contribution in [2.75, 3.05) is 37.7 Å². The van der Waals surface area contributed by atoms with Crippen LogP contribution in [0.1, 0.15) is 37.8 Å². The van der Waals surface area contributed by atoms with Gasteiger partial charge in [0.15, 0.2) is 0 Å². The van der Waals surface area contributed by atoms with E-state index in [0.29, 0.717) is 24.8 Å². The quantitative estimate of drug-likeness (QED) is 0.586. The molecule has 2 aromatic carbocycles. The van der Waals surface area contributed by atoms with E-state index in [1.807, 2.05) is 54.6 Å². The molecule has 1 aromatic heterocycles. The SMILES string of the molecule is O=C1NCC(c2ccc(Cl)cc2)c2c1sc(N1CCOCC1)c2C#Cc1ccccc1. The van der Waals surface area contributed by atoms with Gasteiger partial charge in [0.1, 0.15) is 5.00 Å². The van der Waals surface area contributed by atoms with Gasteiger partial charge in [-0.1, -0.05) is 53.8 Å². The predicted octanol–water partition coefficient (Wildman–Crippen LogP) is 4.51. The van der Waals surface area contributed by atoms with Gasteiger partial charge in [-0.25, -0.2) is 0 Å². The number of anilines is 1. The molecule has 31 heavy (non-hydrogen) atoms. The number of thiophene rings is 1. The van der Waals surface area contributed by atoms with E-state index in [9.17, 15) is 4.79 Å². The summed E-state index contributed by atoms with van der Waals surface area (Å²) in [4.78, 5) is 15.9. The van der Waals surface area contributed by atoms with Gasteiger partial charge in [0.2, 0.25) is 0 Å². The number of fused-ring (bicyclic) bond motifs is 1. The normalized spacial score (nSPS) is 18.0. The number of hydrogen-bond acceptors (Lipinski definition) is 4. The van der Waals surface area contributed by atoms with Crippen LogP contribution >= 0.6 is 22.9 Å². The molecule has 6 heteroatoms. The Morgan fingerprint density at radius 1 is 1.03 bits per heavy atom. The third-order valence-corrected chi connectivity index (χ3v) is 7.14. The lowest BCUT2D eigenvalue weighted by Gasteiger charge is -2.28. The van der Waals surface area contributed by atoms with Crippen LogP contribution in [0.25, 0.3) is 0 Å². The summed E-state index contributed by atoms with van der Waals surface area (Å²) in [6.45, 7) is 3.51. The average Bonchev–Trinajstić information content (AvgIpc) is 3.20. The van der Waals surface area contributed by atoms with Crippen LogP contribution in [-0.4, -0.2) is 38.8 Å². The number of hydrogen-bond donors (Lipinski definition) is 1. The van der Waals surface area contributed by atoms with Crippen LogP contribution < -0.4 is 10.2 Å². The van der Waals surface area contributed by atoms with E-state index in [1.54, 1.807) is 11.3 Å². The second-order valence-corrected chi connectivity index (χ2v) is 8.99. The molecule has 1 amide bonds. The van der Waals surface area contributed by atoms with Gasteiger partial charge in [0, 0.05) is 41.7 Å². The van der Waals surface area contributed by atoms with Crippen molar-refractivity contribution in [3.63, 3.8) is 0 Å². The Morgan fingerprint density at radius 2 is 1.77 bits per heavy atom. The second kappa shape index (κ2) is 8.76. The van der Waals surface area contributed by atoms with E-state index < -0.39 is 0 Å². The second-order valence-electron chi connectivity index (χ2n) is 7.55. The Bertz CT molecular complexity index is 1160. The number of rotatable bonds is 2. The summed E-state index contributed by atoms with van der Waals surface area (Å²) in [5, 5.41) is 4.83. The van der Waals surface area contributed by atoms with Gasteiger partial charge in [-0.2, -0.15) is 0 Å².